The third-order valence-electron chi connectivity index (χ3n) is 3.75. The summed E-state index contributed by atoms with van der Waals surface area (Å²) in [5.74, 6) is -2.10. The first-order chi connectivity index (χ1) is 9.54. The van der Waals surface area contributed by atoms with Gasteiger partial charge in [-0.15, -0.1) is 0 Å². The number of rotatable bonds is 4. The van der Waals surface area contributed by atoms with Gasteiger partial charge in [-0.05, 0) is 7.05 Å². The Bertz CT molecular complexity index is 414. The topological polar surface area (TPSA) is 108 Å². The Morgan fingerprint density at radius 3 is 2.90 bits per heavy atom. The van der Waals surface area contributed by atoms with Crippen LogP contribution >= 0.6 is 0 Å². The van der Waals surface area contributed by atoms with E-state index in [0.29, 0.717) is 26.3 Å². The molecule has 0 aromatic carbocycles. The van der Waals surface area contributed by atoms with Crippen LogP contribution in [-0.2, 0) is 19.1 Å². The summed E-state index contributed by atoms with van der Waals surface area (Å²) < 4.78 is 5.29. The Kier molecular flexibility index (Phi) is 4.56. The van der Waals surface area contributed by atoms with Gasteiger partial charge < -0.3 is 25.4 Å². The van der Waals surface area contributed by atoms with Gasteiger partial charge in [0, 0.05) is 19.1 Å². The summed E-state index contributed by atoms with van der Waals surface area (Å²) in [4.78, 5) is 36.6. The first kappa shape index (κ1) is 14.7. The van der Waals surface area contributed by atoms with Crippen LogP contribution in [0, 0.1) is 5.92 Å². The summed E-state index contributed by atoms with van der Waals surface area (Å²) in [7, 11) is 1.75. The zero-order valence-electron chi connectivity index (χ0n) is 11.3. The second-order valence-electron chi connectivity index (χ2n) is 4.98. The number of nitrogens with one attached hydrogen (secondary N) is 2. The minimum Gasteiger partial charge on any atom is -0.481 e. The molecule has 8 nitrogen and oxygen atoms in total. The lowest BCUT2D eigenvalue weighted by Gasteiger charge is -2.36. The maximum absolute atomic E-state index is 12.5. The van der Waals surface area contributed by atoms with E-state index in [-0.39, 0.29) is 24.3 Å². The Balaban J connectivity index is 2.12. The summed E-state index contributed by atoms with van der Waals surface area (Å²) in [6, 6.07) is -1.04. The van der Waals surface area contributed by atoms with Crippen molar-refractivity contribution in [3.05, 3.63) is 0 Å². The molecule has 0 spiro atoms. The molecule has 3 unspecified atom stereocenters. The number of carbonyl (C=O) groups excluding carboxylic acids is 2. The number of piperazine rings is 1. The molecule has 20 heavy (non-hydrogen) atoms. The first-order valence-electron chi connectivity index (χ1n) is 6.59. The van der Waals surface area contributed by atoms with E-state index in [2.05, 4.69) is 10.6 Å². The van der Waals surface area contributed by atoms with Crippen molar-refractivity contribution in [3.8, 4) is 0 Å². The third kappa shape index (κ3) is 2.91. The second kappa shape index (κ2) is 6.19. The average molecular weight is 285 g/mol. The van der Waals surface area contributed by atoms with E-state index in [1.54, 1.807) is 7.05 Å². The minimum absolute atomic E-state index is 0.0991. The number of amides is 2. The lowest BCUT2D eigenvalue weighted by molar-refractivity contribution is -0.150. The fourth-order valence-electron chi connectivity index (χ4n) is 2.64. The van der Waals surface area contributed by atoms with Crippen LogP contribution in [0.4, 0.5) is 0 Å². The van der Waals surface area contributed by atoms with Crippen molar-refractivity contribution in [2.75, 3.05) is 33.4 Å². The van der Waals surface area contributed by atoms with Crippen molar-refractivity contribution < 1.29 is 24.2 Å². The number of carboxylic acid groups (broad SMARTS) is 1. The van der Waals surface area contributed by atoms with E-state index in [9.17, 15) is 14.4 Å². The maximum atomic E-state index is 12.5. The van der Waals surface area contributed by atoms with Gasteiger partial charge in [-0.25, -0.2) is 0 Å². The van der Waals surface area contributed by atoms with Crippen molar-refractivity contribution in [2.24, 2.45) is 5.92 Å². The predicted molar refractivity (Wildman–Crippen MR) is 67.9 cm³/mol. The maximum Gasteiger partial charge on any atom is 0.305 e. The molecule has 2 heterocycles. The molecule has 0 aromatic rings. The molecule has 0 saturated carbocycles. The highest BCUT2D eigenvalue weighted by Gasteiger charge is 2.41. The van der Waals surface area contributed by atoms with Gasteiger partial charge >= 0.3 is 5.97 Å². The van der Waals surface area contributed by atoms with E-state index in [1.165, 1.54) is 4.90 Å². The molecule has 0 aliphatic carbocycles. The number of nitrogens with zero attached hydrogens (tertiary/aromatic N) is 1. The zero-order valence-corrected chi connectivity index (χ0v) is 11.3. The molecule has 2 amide bonds. The summed E-state index contributed by atoms with van der Waals surface area (Å²) in [6.07, 6.45) is -0.380. The number of hydrogen-bond acceptors (Lipinski definition) is 5. The molecule has 3 N–H and O–H groups in total. The average Bonchev–Trinajstić information content (AvgIpc) is 2.88. The third-order valence-corrected chi connectivity index (χ3v) is 3.75. The van der Waals surface area contributed by atoms with E-state index in [1.807, 2.05) is 0 Å². The van der Waals surface area contributed by atoms with Gasteiger partial charge in [0.15, 0.2) is 0 Å². The lowest BCUT2D eigenvalue weighted by Crippen LogP contribution is -2.60. The number of carboxylic acids is 1. The Morgan fingerprint density at radius 2 is 2.25 bits per heavy atom. The van der Waals surface area contributed by atoms with Crippen LogP contribution in [0.15, 0.2) is 0 Å². The molecule has 0 aromatic heterocycles. The molecular weight excluding hydrogens is 266 g/mol. The largest absolute Gasteiger partial charge is 0.481 e. The van der Waals surface area contributed by atoms with Gasteiger partial charge in [0.25, 0.3) is 0 Å². The summed E-state index contributed by atoms with van der Waals surface area (Å²) in [5, 5.41) is 14.5. The van der Waals surface area contributed by atoms with Crippen molar-refractivity contribution in [2.45, 2.75) is 18.5 Å². The number of aliphatic carboxylic acids is 1. The highest BCUT2D eigenvalue weighted by Crippen LogP contribution is 2.20. The fraction of sp³-hybridized carbons (Fsp3) is 0.750. The smallest absolute Gasteiger partial charge is 0.305 e. The van der Waals surface area contributed by atoms with E-state index < -0.39 is 17.9 Å². The van der Waals surface area contributed by atoms with Crippen LogP contribution in [0.3, 0.4) is 0 Å². The number of hydrogen-bond donors (Lipinski definition) is 3. The highest BCUT2D eigenvalue weighted by atomic mass is 16.5. The van der Waals surface area contributed by atoms with Gasteiger partial charge in [0.05, 0.1) is 25.6 Å². The molecule has 8 heteroatoms. The van der Waals surface area contributed by atoms with Crippen LogP contribution in [0.1, 0.15) is 6.42 Å². The van der Waals surface area contributed by atoms with Crippen LogP contribution in [0.25, 0.3) is 0 Å². The predicted octanol–water partition coefficient (Wildman–Crippen LogP) is -1.98. The van der Waals surface area contributed by atoms with Crippen LogP contribution in [0.5, 0.6) is 0 Å². The van der Waals surface area contributed by atoms with Crippen LogP contribution in [0.2, 0.25) is 0 Å². The van der Waals surface area contributed by atoms with Crippen molar-refractivity contribution in [1.29, 1.82) is 0 Å². The van der Waals surface area contributed by atoms with E-state index in [4.69, 9.17) is 9.84 Å². The van der Waals surface area contributed by atoms with Gasteiger partial charge in [0.1, 0.15) is 6.04 Å². The van der Waals surface area contributed by atoms with Gasteiger partial charge in [-0.2, -0.15) is 0 Å². The molecule has 0 bridgehead atoms. The Morgan fingerprint density at radius 1 is 1.50 bits per heavy atom. The van der Waals surface area contributed by atoms with Crippen LogP contribution in [-0.4, -0.2) is 73.2 Å². The summed E-state index contributed by atoms with van der Waals surface area (Å²) in [6.45, 7) is 1.41. The number of carbonyl (C=O) groups is 3. The SMILES string of the molecule is CNC1COCC1C(=O)N1CCNC(=O)C1CC(=O)O. The van der Waals surface area contributed by atoms with Gasteiger partial charge in [-0.3, -0.25) is 14.4 Å². The van der Waals surface area contributed by atoms with Gasteiger partial charge in [-0.1, -0.05) is 0 Å². The van der Waals surface area contributed by atoms with E-state index in [0.717, 1.165) is 0 Å². The summed E-state index contributed by atoms with van der Waals surface area (Å²) >= 11 is 0. The van der Waals surface area contributed by atoms with Crippen molar-refractivity contribution in [3.63, 3.8) is 0 Å². The molecule has 0 radical (unpaired) electrons. The molecule has 2 aliphatic rings. The van der Waals surface area contributed by atoms with Crippen molar-refractivity contribution in [1.82, 2.24) is 15.5 Å². The lowest BCUT2D eigenvalue weighted by atomic mass is 9.99. The molecular formula is C12H19N3O5. The molecule has 2 rings (SSSR count). The standard InChI is InChI=1S/C12H19N3O5/c1-13-8-6-20-5-7(8)12(19)15-3-2-14-11(18)9(15)4-10(16)17/h7-9,13H,2-6H2,1H3,(H,14,18)(H,16,17). The zero-order chi connectivity index (χ0) is 14.7. The number of likely N-dealkylation sites (N-methyl/N-ethyl adjacent to an activating group) is 1. The minimum atomic E-state index is -1.10. The van der Waals surface area contributed by atoms with Gasteiger partial charge in [0.2, 0.25) is 11.8 Å². The number of ether oxygens (including phenoxy) is 1. The second-order valence-corrected chi connectivity index (χ2v) is 4.98. The fourth-order valence-corrected chi connectivity index (χ4v) is 2.64. The molecule has 2 fully saturated rings. The first-order valence-corrected chi connectivity index (χ1v) is 6.59. The van der Waals surface area contributed by atoms with E-state index >= 15 is 0 Å². The highest BCUT2D eigenvalue weighted by molar-refractivity contribution is 5.92. The Hall–Kier alpha value is -1.67. The monoisotopic (exact) mass is 285 g/mol. The molecule has 2 saturated heterocycles. The van der Waals surface area contributed by atoms with Crippen LogP contribution < -0.4 is 10.6 Å². The summed E-state index contributed by atoms with van der Waals surface area (Å²) in [5.41, 5.74) is 0. The molecule has 112 valence electrons. The quantitative estimate of drug-likeness (QED) is 0.552. The Labute approximate surface area is 116 Å². The molecule has 3 atom stereocenters. The van der Waals surface area contributed by atoms with Crippen molar-refractivity contribution >= 4 is 17.8 Å². The normalized spacial score (nSPS) is 30.1. The molecule has 2 aliphatic heterocycles.